The van der Waals surface area contributed by atoms with Crippen molar-refractivity contribution in [1.82, 2.24) is 14.8 Å². The number of primary amides is 2. The van der Waals surface area contributed by atoms with Gasteiger partial charge in [-0.05, 0) is 25.1 Å². The number of anilines is 1. The molecule has 0 saturated carbocycles. The van der Waals surface area contributed by atoms with Crippen LogP contribution >= 0.6 is 11.8 Å². The number of hydrogen-bond acceptors (Lipinski definition) is 6. The van der Waals surface area contributed by atoms with Crippen molar-refractivity contribution in [3.8, 4) is 0 Å². The predicted molar refractivity (Wildman–Crippen MR) is 88.6 cm³/mol. The summed E-state index contributed by atoms with van der Waals surface area (Å²) < 4.78 is 1.76. The summed E-state index contributed by atoms with van der Waals surface area (Å²) in [6.45, 7) is 1.80. The monoisotopic (exact) mass is 348 g/mol. The third-order valence-electron chi connectivity index (χ3n) is 3.17. The number of carbonyl (C=O) groups excluding carboxylic acids is 3. The van der Waals surface area contributed by atoms with E-state index >= 15 is 0 Å². The zero-order valence-electron chi connectivity index (χ0n) is 13.1. The van der Waals surface area contributed by atoms with E-state index in [4.69, 9.17) is 11.5 Å². The fraction of sp³-hybridized carbons (Fsp3) is 0.214. The molecule has 0 radical (unpaired) electrons. The second kappa shape index (κ2) is 7.13. The van der Waals surface area contributed by atoms with Gasteiger partial charge in [-0.1, -0.05) is 11.8 Å². The van der Waals surface area contributed by atoms with Crippen LogP contribution in [0.1, 0.15) is 26.5 Å². The van der Waals surface area contributed by atoms with Crippen LogP contribution in [-0.2, 0) is 11.8 Å². The van der Waals surface area contributed by atoms with Crippen LogP contribution in [0.4, 0.5) is 5.69 Å². The number of hydrogen-bond donors (Lipinski definition) is 3. The zero-order chi connectivity index (χ0) is 17.9. The first-order valence-corrected chi connectivity index (χ1v) is 7.80. The van der Waals surface area contributed by atoms with E-state index in [1.165, 1.54) is 30.0 Å². The van der Waals surface area contributed by atoms with Crippen molar-refractivity contribution in [2.75, 3.05) is 11.1 Å². The number of aromatic nitrogens is 3. The molecule has 0 bridgehead atoms. The number of benzene rings is 1. The zero-order valence-corrected chi connectivity index (χ0v) is 13.9. The number of carbonyl (C=O) groups is 3. The van der Waals surface area contributed by atoms with E-state index in [0.29, 0.717) is 5.16 Å². The minimum Gasteiger partial charge on any atom is -0.366 e. The summed E-state index contributed by atoms with van der Waals surface area (Å²) in [5, 5.41) is 11.0. The van der Waals surface area contributed by atoms with Gasteiger partial charge in [0.15, 0.2) is 5.16 Å². The molecule has 0 fully saturated rings. The summed E-state index contributed by atoms with van der Waals surface area (Å²) in [6, 6.07) is 4.03. The molecule has 2 aromatic rings. The first kappa shape index (κ1) is 17.5. The van der Waals surface area contributed by atoms with Crippen LogP contribution in [0.3, 0.4) is 0 Å². The second-order valence-electron chi connectivity index (χ2n) is 4.95. The molecule has 9 nitrogen and oxygen atoms in total. The van der Waals surface area contributed by atoms with Gasteiger partial charge in [-0.3, -0.25) is 14.4 Å². The van der Waals surface area contributed by atoms with E-state index in [1.54, 1.807) is 18.5 Å². The molecule has 0 saturated heterocycles. The molecule has 0 spiro atoms. The molecule has 10 heteroatoms. The van der Waals surface area contributed by atoms with Crippen molar-refractivity contribution < 1.29 is 14.4 Å². The topological polar surface area (TPSA) is 146 Å². The molecule has 0 aliphatic carbocycles. The van der Waals surface area contributed by atoms with Crippen molar-refractivity contribution in [3.05, 3.63) is 35.2 Å². The van der Waals surface area contributed by atoms with E-state index in [9.17, 15) is 14.4 Å². The van der Waals surface area contributed by atoms with Gasteiger partial charge >= 0.3 is 0 Å². The van der Waals surface area contributed by atoms with Gasteiger partial charge in [-0.2, -0.15) is 0 Å². The lowest BCUT2D eigenvalue weighted by Gasteiger charge is -2.08. The first-order valence-electron chi connectivity index (χ1n) is 6.81. The number of amides is 3. The van der Waals surface area contributed by atoms with Gasteiger partial charge in [-0.25, -0.2) is 0 Å². The van der Waals surface area contributed by atoms with E-state index < -0.39 is 11.8 Å². The molecule has 126 valence electrons. The lowest BCUT2D eigenvalue weighted by molar-refractivity contribution is -0.113. The van der Waals surface area contributed by atoms with E-state index in [0.717, 1.165) is 5.82 Å². The number of nitrogens with zero attached hydrogens (tertiary/aromatic N) is 3. The van der Waals surface area contributed by atoms with Crippen LogP contribution in [0.2, 0.25) is 0 Å². The summed E-state index contributed by atoms with van der Waals surface area (Å²) in [5.41, 5.74) is 10.8. The average Bonchev–Trinajstić information content (AvgIpc) is 2.84. The Morgan fingerprint density at radius 1 is 1.12 bits per heavy atom. The van der Waals surface area contributed by atoms with Crippen LogP contribution in [0.15, 0.2) is 23.4 Å². The SMILES string of the molecule is Cc1nnc(SCC(=O)Nc2cc(C(N)=O)cc(C(N)=O)c2)n1C. The largest absolute Gasteiger partial charge is 0.366 e. The number of thioether (sulfide) groups is 1. The fourth-order valence-corrected chi connectivity index (χ4v) is 2.58. The van der Waals surface area contributed by atoms with Gasteiger partial charge in [-0.15, -0.1) is 10.2 Å². The quantitative estimate of drug-likeness (QED) is 0.629. The highest BCUT2D eigenvalue weighted by molar-refractivity contribution is 7.99. The third-order valence-corrected chi connectivity index (χ3v) is 4.19. The Labute approximate surface area is 141 Å². The Kier molecular flexibility index (Phi) is 5.19. The molecule has 0 aliphatic rings. The Morgan fingerprint density at radius 3 is 2.17 bits per heavy atom. The molecular formula is C14H16N6O3S. The lowest BCUT2D eigenvalue weighted by Crippen LogP contribution is -2.19. The third kappa shape index (κ3) is 4.10. The molecule has 2 rings (SSSR count). The lowest BCUT2D eigenvalue weighted by atomic mass is 10.1. The van der Waals surface area contributed by atoms with Crippen LogP contribution in [0.25, 0.3) is 0 Å². The number of nitrogens with one attached hydrogen (secondary N) is 1. The minimum atomic E-state index is -0.725. The van der Waals surface area contributed by atoms with Gasteiger partial charge in [0.05, 0.1) is 5.75 Å². The smallest absolute Gasteiger partial charge is 0.248 e. The molecule has 0 aliphatic heterocycles. The Bertz CT molecular complexity index is 785. The summed E-state index contributed by atoms with van der Waals surface area (Å²) in [5.74, 6) is -0.968. The first-order chi connectivity index (χ1) is 11.3. The molecular weight excluding hydrogens is 332 g/mol. The number of aryl methyl sites for hydroxylation is 1. The number of rotatable bonds is 6. The van der Waals surface area contributed by atoms with Gasteiger partial charge in [0, 0.05) is 23.9 Å². The summed E-state index contributed by atoms with van der Waals surface area (Å²) >= 11 is 1.21. The molecule has 1 aromatic heterocycles. The van der Waals surface area contributed by atoms with Crippen LogP contribution in [0.5, 0.6) is 0 Å². The molecule has 5 N–H and O–H groups in total. The molecule has 24 heavy (non-hydrogen) atoms. The highest BCUT2D eigenvalue weighted by atomic mass is 32.2. The predicted octanol–water partition coefficient (Wildman–Crippen LogP) is 0.0521. The molecule has 1 heterocycles. The van der Waals surface area contributed by atoms with Gasteiger partial charge in [0.25, 0.3) is 0 Å². The van der Waals surface area contributed by atoms with Crippen molar-refractivity contribution in [1.29, 1.82) is 0 Å². The molecule has 1 aromatic carbocycles. The number of nitrogens with two attached hydrogens (primary N) is 2. The Morgan fingerprint density at radius 2 is 1.71 bits per heavy atom. The van der Waals surface area contributed by atoms with E-state index in [1.807, 2.05) is 0 Å². The molecule has 0 unspecified atom stereocenters. The van der Waals surface area contributed by atoms with Crippen molar-refractivity contribution >= 4 is 35.2 Å². The maximum absolute atomic E-state index is 12.0. The summed E-state index contributed by atoms with van der Waals surface area (Å²) in [4.78, 5) is 34.6. The van der Waals surface area contributed by atoms with Gasteiger partial charge in [0.1, 0.15) is 5.82 Å². The maximum atomic E-state index is 12.0. The normalized spacial score (nSPS) is 10.4. The van der Waals surface area contributed by atoms with Gasteiger partial charge in [0.2, 0.25) is 17.7 Å². The molecule has 0 atom stereocenters. The highest BCUT2D eigenvalue weighted by Gasteiger charge is 2.12. The Balaban J connectivity index is 2.09. The van der Waals surface area contributed by atoms with Crippen LogP contribution < -0.4 is 16.8 Å². The fourth-order valence-electron chi connectivity index (χ4n) is 1.82. The Hall–Kier alpha value is -2.88. The van der Waals surface area contributed by atoms with Crippen molar-refractivity contribution in [2.24, 2.45) is 18.5 Å². The van der Waals surface area contributed by atoms with E-state index in [2.05, 4.69) is 15.5 Å². The summed E-state index contributed by atoms with van der Waals surface area (Å²) in [6.07, 6.45) is 0. The summed E-state index contributed by atoms with van der Waals surface area (Å²) in [7, 11) is 1.80. The second-order valence-corrected chi connectivity index (χ2v) is 5.90. The highest BCUT2D eigenvalue weighted by Crippen LogP contribution is 2.18. The minimum absolute atomic E-state index is 0.0816. The standard InChI is InChI=1S/C14H16N6O3S/c1-7-18-19-14(20(7)2)24-6-11(21)17-10-4-8(12(15)22)3-9(5-10)13(16)23/h3-5H,6H2,1-2H3,(H2,15,22)(H2,16,23)(H,17,21). The van der Waals surface area contributed by atoms with Crippen molar-refractivity contribution in [3.63, 3.8) is 0 Å². The van der Waals surface area contributed by atoms with Crippen LogP contribution in [0, 0.1) is 6.92 Å². The molecule has 3 amide bonds. The van der Waals surface area contributed by atoms with Gasteiger partial charge < -0.3 is 21.4 Å². The maximum Gasteiger partial charge on any atom is 0.248 e. The van der Waals surface area contributed by atoms with Crippen molar-refractivity contribution in [2.45, 2.75) is 12.1 Å². The van der Waals surface area contributed by atoms with Crippen LogP contribution in [-0.4, -0.2) is 38.2 Å². The average molecular weight is 348 g/mol. The van der Waals surface area contributed by atoms with E-state index in [-0.39, 0.29) is 28.5 Å².